The normalized spacial score (nSPS) is 11.4. The summed E-state index contributed by atoms with van der Waals surface area (Å²) >= 11 is 5.98. The molecule has 0 spiro atoms. The van der Waals surface area contributed by atoms with Gasteiger partial charge in [0.05, 0.1) is 5.56 Å². The molecule has 0 radical (unpaired) electrons. The first-order valence-corrected chi connectivity index (χ1v) is 6.41. The summed E-state index contributed by atoms with van der Waals surface area (Å²) in [6, 6.07) is 10.8. The summed E-state index contributed by atoms with van der Waals surface area (Å²) in [7, 11) is 0. The summed E-state index contributed by atoms with van der Waals surface area (Å²) in [6.07, 6.45) is 0. The largest absolute Gasteiger partial charge is 0.456 e. The molecule has 0 bridgehead atoms. The molecule has 0 aliphatic rings. The van der Waals surface area contributed by atoms with Crippen LogP contribution in [0.1, 0.15) is 16.7 Å². The molecule has 0 saturated carbocycles. The molecule has 4 nitrogen and oxygen atoms in total. The Labute approximate surface area is 122 Å². The number of benzene rings is 2. The van der Waals surface area contributed by atoms with Crippen molar-refractivity contribution in [3.8, 4) is 11.5 Å². The van der Waals surface area contributed by atoms with Crippen molar-refractivity contribution < 1.29 is 9.94 Å². The van der Waals surface area contributed by atoms with E-state index in [0.717, 1.165) is 11.1 Å². The van der Waals surface area contributed by atoms with Crippen LogP contribution in [0.4, 0.5) is 0 Å². The summed E-state index contributed by atoms with van der Waals surface area (Å²) in [5.41, 5.74) is 8.14. The molecule has 0 heterocycles. The van der Waals surface area contributed by atoms with Crippen molar-refractivity contribution in [3.63, 3.8) is 0 Å². The molecule has 0 aliphatic carbocycles. The van der Waals surface area contributed by atoms with E-state index in [1.165, 1.54) is 0 Å². The molecule has 0 atom stereocenters. The summed E-state index contributed by atoms with van der Waals surface area (Å²) in [6.45, 7) is 3.86. The number of hydrogen-bond donors (Lipinski definition) is 2. The number of ether oxygens (including phenoxy) is 1. The molecule has 0 fully saturated rings. The Morgan fingerprint density at radius 2 is 1.90 bits per heavy atom. The molecule has 0 aromatic heterocycles. The fraction of sp³-hybridized carbons (Fsp3) is 0.133. The number of hydrogen-bond acceptors (Lipinski definition) is 3. The maximum absolute atomic E-state index is 8.83. The van der Waals surface area contributed by atoms with Crippen molar-refractivity contribution >= 4 is 17.4 Å². The number of nitrogens with two attached hydrogens (primary N) is 1. The second-order valence-corrected chi connectivity index (χ2v) is 4.93. The average molecular weight is 291 g/mol. The van der Waals surface area contributed by atoms with Crippen LogP contribution in [0.3, 0.4) is 0 Å². The molecule has 0 unspecified atom stereocenters. The van der Waals surface area contributed by atoms with E-state index in [4.69, 9.17) is 27.3 Å². The first kappa shape index (κ1) is 14.2. The molecule has 104 valence electrons. The number of amidine groups is 1. The van der Waals surface area contributed by atoms with E-state index < -0.39 is 0 Å². The number of halogens is 1. The number of nitrogens with zero attached hydrogens (tertiary/aromatic N) is 1. The van der Waals surface area contributed by atoms with Gasteiger partial charge in [-0.3, -0.25) is 0 Å². The third-order valence-corrected chi connectivity index (χ3v) is 3.13. The molecule has 20 heavy (non-hydrogen) atoms. The Bertz CT molecular complexity index is 669. The molecular formula is C15H15ClN2O2. The third kappa shape index (κ3) is 3.03. The predicted octanol–water partition coefficient (Wildman–Crippen LogP) is 3.84. The van der Waals surface area contributed by atoms with Gasteiger partial charge in [0.15, 0.2) is 5.84 Å². The van der Waals surface area contributed by atoms with Crippen LogP contribution < -0.4 is 10.5 Å². The minimum atomic E-state index is -0.000295. The summed E-state index contributed by atoms with van der Waals surface area (Å²) in [5.74, 6) is 1.15. The van der Waals surface area contributed by atoms with Gasteiger partial charge >= 0.3 is 0 Å². The second-order valence-electron chi connectivity index (χ2n) is 4.50. The van der Waals surface area contributed by atoms with Crippen LogP contribution in [0.5, 0.6) is 11.5 Å². The van der Waals surface area contributed by atoms with Gasteiger partial charge < -0.3 is 15.7 Å². The highest BCUT2D eigenvalue weighted by Crippen LogP contribution is 2.30. The van der Waals surface area contributed by atoms with Gasteiger partial charge in [-0.15, -0.1) is 0 Å². The first-order chi connectivity index (χ1) is 9.51. The zero-order chi connectivity index (χ0) is 14.7. The SMILES string of the molecule is Cc1ccc(C(N)=NO)c(Oc2cc(Cl)ccc2C)c1. The topological polar surface area (TPSA) is 67.8 Å². The lowest BCUT2D eigenvalue weighted by atomic mass is 10.1. The highest BCUT2D eigenvalue weighted by molar-refractivity contribution is 6.30. The van der Waals surface area contributed by atoms with Crippen molar-refractivity contribution in [3.05, 3.63) is 58.1 Å². The van der Waals surface area contributed by atoms with Crippen LogP contribution in [0, 0.1) is 13.8 Å². The summed E-state index contributed by atoms with van der Waals surface area (Å²) in [4.78, 5) is 0. The average Bonchev–Trinajstić information content (AvgIpc) is 2.42. The van der Waals surface area contributed by atoms with E-state index in [2.05, 4.69) is 5.16 Å². The van der Waals surface area contributed by atoms with Crippen LogP contribution in [-0.2, 0) is 0 Å². The highest BCUT2D eigenvalue weighted by atomic mass is 35.5. The molecule has 0 saturated heterocycles. The lowest BCUT2D eigenvalue weighted by Gasteiger charge is -2.13. The standard InChI is InChI=1S/C15H15ClN2O2/c1-9-3-6-12(15(17)18-19)14(7-9)20-13-8-11(16)5-4-10(13)2/h3-8,19H,1-2H3,(H2,17,18). The van der Waals surface area contributed by atoms with Gasteiger partial charge in [0.25, 0.3) is 0 Å². The van der Waals surface area contributed by atoms with E-state index in [0.29, 0.717) is 22.1 Å². The predicted molar refractivity (Wildman–Crippen MR) is 80.0 cm³/mol. The second kappa shape index (κ2) is 5.84. The van der Waals surface area contributed by atoms with Crippen molar-refractivity contribution in [1.29, 1.82) is 0 Å². The molecule has 2 aromatic rings. The van der Waals surface area contributed by atoms with Crippen molar-refractivity contribution in [2.45, 2.75) is 13.8 Å². The fourth-order valence-electron chi connectivity index (χ4n) is 1.78. The van der Waals surface area contributed by atoms with Gasteiger partial charge in [-0.25, -0.2) is 0 Å². The summed E-state index contributed by atoms with van der Waals surface area (Å²) in [5, 5.41) is 12.4. The molecule has 3 N–H and O–H groups in total. The van der Waals surface area contributed by atoms with E-state index in [1.807, 2.05) is 32.0 Å². The van der Waals surface area contributed by atoms with Gasteiger partial charge in [0.2, 0.25) is 0 Å². The maximum atomic E-state index is 8.83. The Morgan fingerprint density at radius 3 is 2.60 bits per heavy atom. The lowest BCUT2D eigenvalue weighted by molar-refractivity contribution is 0.318. The minimum Gasteiger partial charge on any atom is -0.456 e. The molecule has 2 aromatic carbocycles. The maximum Gasteiger partial charge on any atom is 0.173 e. The van der Waals surface area contributed by atoms with Crippen LogP contribution in [0.25, 0.3) is 0 Å². The third-order valence-electron chi connectivity index (χ3n) is 2.89. The molecule has 5 heteroatoms. The van der Waals surface area contributed by atoms with Gasteiger partial charge in [-0.05, 0) is 49.2 Å². The van der Waals surface area contributed by atoms with Gasteiger partial charge in [0, 0.05) is 5.02 Å². The fourth-order valence-corrected chi connectivity index (χ4v) is 1.94. The van der Waals surface area contributed by atoms with Crippen molar-refractivity contribution in [1.82, 2.24) is 0 Å². The zero-order valence-corrected chi connectivity index (χ0v) is 12.0. The Hall–Kier alpha value is -2.20. The number of rotatable bonds is 3. The van der Waals surface area contributed by atoms with E-state index in [1.54, 1.807) is 18.2 Å². The monoisotopic (exact) mass is 290 g/mol. The lowest BCUT2D eigenvalue weighted by Crippen LogP contribution is -2.14. The van der Waals surface area contributed by atoms with E-state index in [9.17, 15) is 0 Å². The summed E-state index contributed by atoms with van der Waals surface area (Å²) < 4.78 is 5.87. The number of aryl methyl sites for hydroxylation is 2. The molecule has 0 amide bonds. The van der Waals surface area contributed by atoms with E-state index in [-0.39, 0.29) is 5.84 Å². The highest BCUT2D eigenvalue weighted by Gasteiger charge is 2.11. The molecule has 0 aliphatic heterocycles. The Kier molecular flexibility index (Phi) is 4.15. The molecule has 2 rings (SSSR count). The van der Waals surface area contributed by atoms with Crippen LogP contribution in [0.15, 0.2) is 41.6 Å². The quantitative estimate of drug-likeness (QED) is 0.390. The smallest absolute Gasteiger partial charge is 0.173 e. The Balaban J connectivity index is 2.47. The zero-order valence-electron chi connectivity index (χ0n) is 11.2. The number of oxime groups is 1. The van der Waals surface area contributed by atoms with Crippen molar-refractivity contribution in [2.24, 2.45) is 10.9 Å². The minimum absolute atomic E-state index is 0.000295. The Morgan fingerprint density at radius 1 is 1.15 bits per heavy atom. The van der Waals surface area contributed by atoms with Gasteiger partial charge in [0.1, 0.15) is 11.5 Å². The van der Waals surface area contributed by atoms with Crippen molar-refractivity contribution in [2.75, 3.05) is 0 Å². The van der Waals surface area contributed by atoms with Gasteiger partial charge in [-0.1, -0.05) is 28.9 Å². The van der Waals surface area contributed by atoms with E-state index >= 15 is 0 Å². The molecular weight excluding hydrogens is 276 g/mol. The van der Waals surface area contributed by atoms with Gasteiger partial charge in [-0.2, -0.15) is 0 Å². The van der Waals surface area contributed by atoms with Crippen LogP contribution in [-0.4, -0.2) is 11.0 Å². The first-order valence-electron chi connectivity index (χ1n) is 6.04. The van der Waals surface area contributed by atoms with Crippen LogP contribution >= 0.6 is 11.6 Å². The van der Waals surface area contributed by atoms with Crippen LogP contribution in [0.2, 0.25) is 5.02 Å².